The first-order valence-electron chi connectivity index (χ1n) is 10.8. The van der Waals surface area contributed by atoms with E-state index in [4.69, 9.17) is 4.52 Å². The van der Waals surface area contributed by atoms with Crippen molar-refractivity contribution >= 4 is 5.91 Å². The zero-order valence-electron chi connectivity index (χ0n) is 17.6. The average Bonchev–Trinajstić information content (AvgIpc) is 3.47. The highest BCUT2D eigenvalue weighted by atomic mass is 16.5. The van der Waals surface area contributed by atoms with E-state index in [9.17, 15) is 4.79 Å². The maximum atomic E-state index is 12.5. The molecule has 1 amide bonds. The Morgan fingerprint density at radius 2 is 1.80 bits per heavy atom. The van der Waals surface area contributed by atoms with Crippen LogP contribution in [-0.4, -0.2) is 47.5 Å². The fourth-order valence-electron chi connectivity index (χ4n) is 3.95. The molecule has 1 aromatic heterocycles. The van der Waals surface area contributed by atoms with Crippen molar-refractivity contribution in [2.75, 3.05) is 26.7 Å². The van der Waals surface area contributed by atoms with Crippen molar-refractivity contribution in [3.8, 4) is 11.3 Å². The van der Waals surface area contributed by atoms with Gasteiger partial charge in [-0.05, 0) is 50.6 Å². The van der Waals surface area contributed by atoms with Gasteiger partial charge in [-0.25, -0.2) is 0 Å². The molecule has 0 radical (unpaired) electrons. The van der Waals surface area contributed by atoms with Gasteiger partial charge in [-0.3, -0.25) is 4.79 Å². The smallest absolute Gasteiger partial charge is 0.253 e. The minimum atomic E-state index is 0.161. The zero-order valence-corrected chi connectivity index (χ0v) is 17.6. The molecule has 0 N–H and O–H groups in total. The third-order valence-corrected chi connectivity index (χ3v) is 5.64. The summed E-state index contributed by atoms with van der Waals surface area (Å²) in [5, 5.41) is 4.18. The topological polar surface area (TPSA) is 49.6 Å². The minimum Gasteiger partial charge on any atom is -0.361 e. The Balaban J connectivity index is 1.22. The number of carbonyl (C=O) groups excluding carboxylic acids is 1. The van der Waals surface area contributed by atoms with Gasteiger partial charge in [0.25, 0.3) is 5.91 Å². The summed E-state index contributed by atoms with van der Waals surface area (Å²) in [5.74, 6) is 1.08. The molecule has 2 heterocycles. The second kappa shape index (κ2) is 9.72. The predicted molar refractivity (Wildman–Crippen MR) is 118 cm³/mol. The third-order valence-electron chi connectivity index (χ3n) is 5.64. The summed E-state index contributed by atoms with van der Waals surface area (Å²) < 4.78 is 5.49. The molecule has 0 atom stereocenters. The predicted octanol–water partition coefficient (Wildman–Crippen LogP) is 4.64. The first-order chi connectivity index (χ1) is 14.7. The highest BCUT2D eigenvalue weighted by Gasteiger charge is 2.19. The van der Waals surface area contributed by atoms with E-state index in [2.05, 4.69) is 29.2 Å². The van der Waals surface area contributed by atoms with Crippen LogP contribution in [0.15, 0.2) is 65.2 Å². The van der Waals surface area contributed by atoms with E-state index < -0.39 is 0 Å². The van der Waals surface area contributed by atoms with E-state index in [1.807, 2.05) is 53.4 Å². The van der Waals surface area contributed by atoms with E-state index >= 15 is 0 Å². The van der Waals surface area contributed by atoms with Gasteiger partial charge >= 0.3 is 0 Å². The summed E-state index contributed by atoms with van der Waals surface area (Å²) in [4.78, 5) is 16.7. The van der Waals surface area contributed by atoms with E-state index in [0.717, 1.165) is 74.4 Å². The van der Waals surface area contributed by atoms with Gasteiger partial charge in [-0.1, -0.05) is 47.6 Å². The second-order valence-corrected chi connectivity index (χ2v) is 8.08. The highest BCUT2D eigenvalue weighted by Crippen LogP contribution is 2.19. The SMILES string of the molecule is CN(CCCc1cc(-c2ccccc2)no1)Cc1ccc(C(=O)N2CCCC2)cc1. The minimum absolute atomic E-state index is 0.161. The van der Waals surface area contributed by atoms with Gasteiger partial charge in [0, 0.05) is 43.2 Å². The molecule has 0 aliphatic carbocycles. The van der Waals surface area contributed by atoms with Crippen molar-refractivity contribution in [3.05, 3.63) is 77.6 Å². The van der Waals surface area contributed by atoms with Crippen LogP contribution in [0.2, 0.25) is 0 Å². The molecule has 2 aromatic carbocycles. The van der Waals surface area contributed by atoms with E-state index in [1.54, 1.807) is 0 Å². The van der Waals surface area contributed by atoms with Crippen LogP contribution >= 0.6 is 0 Å². The van der Waals surface area contributed by atoms with Crippen LogP contribution in [0.25, 0.3) is 11.3 Å². The molecule has 1 aliphatic rings. The molecule has 30 heavy (non-hydrogen) atoms. The maximum absolute atomic E-state index is 12.5. The standard InChI is InChI=1S/C25H29N3O2/c1-27(15-7-10-23-18-24(26-30-23)21-8-3-2-4-9-21)19-20-11-13-22(14-12-20)25(29)28-16-5-6-17-28/h2-4,8-9,11-14,18H,5-7,10,15-17,19H2,1H3. The summed E-state index contributed by atoms with van der Waals surface area (Å²) in [6, 6.07) is 20.2. The van der Waals surface area contributed by atoms with Crippen LogP contribution < -0.4 is 0 Å². The number of amides is 1. The number of benzene rings is 2. The van der Waals surface area contributed by atoms with Crippen LogP contribution in [-0.2, 0) is 13.0 Å². The largest absolute Gasteiger partial charge is 0.361 e. The number of hydrogen-bond acceptors (Lipinski definition) is 4. The number of aryl methyl sites for hydroxylation is 1. The summed E-state index contributed by atoms with van der Waals surface area (Å²) in [6.07, 6.45) is 4.12. The number of carbonyl (C=O) groups is 1. The van der Waals surface area contributed by atoms with E-state index in [-0.39, 0.29) is 5.91 Å². The lowest BCUT2D eigenvalue weighted by atomic mass is 10.1. The van der Waals surface area contributed by atoms with Crippen molar-refractivity contribution in [2.45, 2.75) is 32.2 Å². The van der Waals surface area contributed by atoms with Crippen molar-refractivity contribution in [1.82, 2.24) is 15.0 Å². The summed E-state index contributed by atoms with van der Waals surface area (Å²) in [5.41, 5.74) is 3.99. The molecule has 1 aliphatic heterocycles. The van der Waals surface area contributed by atoms with Crippen molar-refractivity contribution in [1.29, 1.82) is 0 Å². The molecule has 156 valence electrons. The summed E-state index contributed by atoms with van der Waals surface area (Å²) in [6.45, 7) is 3.61. The molecule has 1 saturated heterocycles. The lowest BCUT2D eigenvalue weighted by molar-refractivity contribution is 0.0793. The normalized spacial score (nSPS) is 13.9. The Kier molecular flexibility index (Phi) is 6.60. The van der Waals surface area contributed by atoms with Gasteiger partial charge in [-0.2, -0.15) is 0 Å². The monoisotopic (exact) mass is 403 g/mol. The van der Waals surface area contributed by atoms with Crippen LogP contribution in [0.5, 0.6) is 0 Å². The van der Waals surface area contributed by atoms with Gasteiger partial charge in [-0.15, -0.1) is 0 Å². The van der Waals surface area contributed by atoms with Crippen molar-refractivity contribution < 1.29 is 9.32 Å². The average molecular weight is 404 g/mol. The van der Waals surface area contributed by atoms with Gasteiger partial charge in [0.05, 0.1) is 0 Å². The van der Waals surface area contributed by atoms with Crippen molar-refractivity contribution in [3.63, 3.8) is 0 Å². The summed E-state index contributed by atoms with van der Waals surface area (Å²) in [7, 11) is 2.12. The summed E-state index contributed by atoms with van der Waals surface area (Å²) >= 11 is 0. The first-order valence-corrected chi connectivity index (χ1v) is 10.8. The van der Waals surface area contributed by atoms with Gasteiger partial charge < -0.3 is 14.3 Å². The molecule has 0 bridgehead atoms. The number of nitrogens with zero attached hydrogens (tertiary/aromatic N) is 3. The zero-order chi connectivity index (χ0) is 20.8. The molecule has 3 aromatic rings. The molecule has 0 saturated carbocycles. The fraction of sp³-hybridized carbons (Fsp3) is 0.360. The number of rotatable bonds is 8. The molecular formula is C25H29N3O2. The van der Waals surface area contributed by atoms with Gasteiger partial charge in [0.2, 0.25) is 0 Å². The Morgan fingerprint density at radius 3 is 2.53 bits per heavy atom. The first kappa shape index (κ1) is 20.4. The molecule has 1 fully saturated rings. The lowest BCUT2D eigenvalue weighted by Gasteiger charge is -2.17. The van der Waals surface area contributed by atoms with Gasteiger partial charge in [0.15, 0.2) is 0 Å². The van der Waals surface area contributed by atoms with Gasteiger partial charge in [0.1, 0.15) is 11.5 Å². The molecule has 4 rings (SSSR count). The van der Waals surface area contributed by atoms with Crippen LogP contribution in [0, 0.1) is 0 Å². The molecule has 5 heteroatoms. The number of aromatic nitrogens is 1. The Bertz CT molecular complexity index is 944. The molecule has 0 spiro atoms. The lowest BCUT2D eigenvalue weighted by Crippen LogP contribution is -2.27. The van der Waals surface area contributed by atoms with E-state index in [1.165, 1.54) is 5.56 Å². The Morgan fingerprint density at radius 1 is 1.07 bits per heavy atom. The number of hydrogen-bond donors (Lipinski definition) is 0. The molecule has 5 nitrogen and oxygen atoms in total. The Labute approximate surface area is 178 Å². The molecular weight excluding hydrogens is 374 g/mol. The second-order valence-electron chi connectivity index (χ2n) is 8.08. The maximum Gasteiger partial charge on any atom is 0.253 e. The van der Waals surface area contributed by atoms with Crippen LogP contribution in [0.1, 0.15) is 40.9 Å². The Hall–Kier alpha value is -2.92. The van der Waals surface area contributed by atoms with E-state index in [0.29, 0.717) is 0 Å². The number of likely N-dealkylation sites (tertiary alicyclic amines) is 1. The van der Waals surface area contributed by atoms with Crippen LogP contribution in [0.3, 0.4) is 0 Å². The van der Waals surface area contributed by atoms with Crippen molar-refractivity contribution in [2.24, 2.45) is 0 Å². The third kappa shape index (κ3) is 5.16. The molecule has 0 unspecified atom stereocenters. The van der Waals surface area contributed by atoms with Crippen LogP contribution in [0.4, 0.5) is 0 Å². The fourth-order valence-corrected chi connectivity index (χ4v) is 3.95. The highest BCUT2D eigenvalue weighted by molar-refractivity contribution is 5.94. The quantitative estimate of drug-likeness (QED) is 0.550.